The van der Waals surface area contributed by atoms with Gasteiger partial charge in [-0.15, -0.1) is 0 Å². The van der Waals surface area contributed by atoms with Crippen LogP contribution in [0.2, 0.25) is 0 Å². The normalized spacial score (nSPS) is 10.2. The predicted octanol–water partition coefficient (Wildman–Crippen LogP) is 2.09. The summed E-state index contributed by atoms with van der Waals surface area (Å²) in [6, 6.07) is 7.69. The second-order valence-corrected chi connectivity index (χ2v) is 3.72. The number of anilines is 1. The fourth-order valence-corrected chi connectivity index (χ4v) is 1.50. The number of hydrogen-bond acceptors (Lipinski definition) is 3. The van der Waals surface area contributed by atoms with E-state index >= 15 is 0 Å². The van der Waals surface area contributed by atoms with Crippen LogP contribution in [0.4, 0.5) is 5.69 Å². The van der Waals surface area contributed by atoms with E-state index < -0.39 is 0 Å². The van der Waals surface area contributed by atoms with Crippen LogP contribution >= 0.6 is 0 Å². The average molecular weight is 229 g/mol. The van der Waals surface area contributed by atoms with Gasteiger partial charge in [0, 0.05) is 30.2 Å². The summed E-state index contributed by atoms with van der Waals surface area (Å²) in [4.78, 5) is 0. The van der Waals surface area contributed by atoms with Crippen molar-refractivity contribution < 1.29 is 5.11 Å². The third-order valence-corrected chi connectivity index (χ3v) is 2.48. The Balaban J connectivity index is 1.94. The Hall–Kier alpha value is -2.07. The number of aliphatic hydroxyl groups excluding tert-OH is 1. The zero-order valence-corrected chi connectivity index (χ0v) is 9.50. The van der Waals surface area contributed by atoms with E-state index in [0.717, 1.165) is 16.8 Å². The third-order valence-electron chi connectivity index (χ3n) is 2.48. The number of nitrogens with one attached hydrogen (secondary N) is 1. The summed E-state index contributed by atoms with van der Waals surface area (Å²) in [7, 11) is 0. The monoisotopic (exact) mass is 229 g/mol. The Morgan fingerprint density at radius 1 is 1.29 bits per heavy atom. The molecule has 2 rings (SSSR count). The fraction of sp³-hybridized carbons (Fsp3) is 0.154. The molecule has 1 heterocycles. The summed E-state index contributed by atoms with van der Waals surface area (Å²) >= 11 is 0. The van der Waals surface area contributed by atoms with Gasteiger partial charge in [0.2, 0.25) is 0 Å². The molecule has 88 valence electrons. The minimum absolute atomic E-state index is 0.0758. The van der Waals surface area contributed by atoms with Gasteiger partial charge >= 0.3 is 0 Å². The number of rotatable bonds is 5. The summed E-state index contributed by atoms with van der Waals surface area (Å²) in [5.41, 5.74) is 3.03. The van der Waals surface area contributed by atoms with Crippen molar-refractivity contribution in [1.82, 2.24) is 9.78 Å². The van der Waals surface area contributed by atoms with Crippen molar-refractivity contribution in [2.24, 2.45) is 0 Å². The van der Waals surface area contributed by atoms with E-state index in [1.807, 2.05) is 30.5 Å². The van der Waals surface area contributed by atoms with Crippen LogP contribution in [-0.4, -0.2) is 14.9 Å². The molecule has 0 unspecified atom stereocenters. The van der Waals surface area contributed by atoms with Gasteiger partial charge in [-0.3, -0.25) is 0 Å². The highest BCUT2D eigenvalue weighted by Gasteiger charge is 1.97. The third kappa shape index (κ3) is 2.95. The van der Waals surface area contributed by atoms with Crippen LogP contribution in [-0.2, 0) is 13.2 Å². The molecule has 0 bridgehead atoms. The van der Waals surface area contributed by atoms with Gasteiger partial charge in [-0.2, -0.15) is 5.10 Å². The second-order valence-electron chi connectivity index (χ2n) is 3.72. The molecule has 0 aliphatic rings. The molecule has 0 saturated heterocycles. The van der Waals surface area contributed by atoms with Gasteiger partial charge < -0.3 is 10.4 Å². The lowest BCUT2D eigenvalue weighted by molar-refractivity contribution is 0.282. The highest BCUT2D eigenvalue weighted by Crippen LogP contribution is 2.11. The molecule has 0 radical (unpaired) electrons. The minimum atomic E-state index is 0.0758. The number of aromatic nitrogens is 2. The van der Waals surface area contributed by atoms with Crippen molar-refractivity contribution in [2.75, 3.05) is 5.32 Å². The lowest BCUT2D eigenvalue weighted by Gasteiger charge is -2.05. The van der Waals surface area contributed by atoms with E-state index in [2.05, 4.69) is 17.0 Å². The highest BCUT2D eigenvalue weighted by molar-refractivity contribution is 5.44. The first kappa shape index (κ1) is 11.4. The fourth-order valence-electron chi connectivity index (χ4n) is 1.50. The molecule has 4 nitrogen and oxygen atoms in total. The molecule has 0 aliphatic carbocycles. The molecule has 2 N–H and O–H groups in total. The molecule has 2 aromatic rings. The van der Waals surface area contributed by atoms with Gasteiger partial charge in [-0.05, 0) is 17.7 Å². The highest BCUT2D eigenvalue weighted by atomic mass is 16.3. The van der Waals surface area contributed by atoms with Gasteiger partial charge in [0.25, 0.3) is 0 Å². The molecule has 0 spiro atoms. The summed E-state index contributed by atoms with van der Waals surface area (Å²) in [5, 5.41) is 16.3. The molecule has 1 aromatic heterocycles. The molecule has 1 aromatic carbocycles. The standard InChI is InChI=1S/C13H15N3O/c1-2-16-9-12(8-15-16)7-14-13-5-3-11(10-17)4-6-13/h2-6,8-9,14,17H,1,7,10H2. The first-order valence-electron chi connectivity index (χ1n) is 5.41. The molecular weight excluding hydrogens is 214 g/mol. The lowest BCUT2D eigenvalue weighted by Crippen LogP contribution is -1.98. The number of hydrogen-bond donors (Lipinski definition) is 2. The summed E-state index contributed by atoms with van der Waals surface area (Å²) in [6.45, 7) is 4.43. The Bertz CT molecular complexity index is 488. The van der Waals surface area contributed by atoms with Crippen molar-refractivity contribution in [3.63, 3.8) is 0 Å². The molecule has 0 saturated carbocycles. The minimum Gasteiger partial charge on any atom is -0.392 e. The zero-order valence-electron chi connectivity index (χ0n) is 9.50. The maximum atomic E-state index is 8.93. The van der Waals surface area contributed by atoms with Gasteiger partial charge in [-0.25, -0.2) is 4.68 Å². The zero-order chi connectivity index (χ0) is 12.1. The summed E-state index contributed by atoms with van der Waals surface area (Å²) in [5.74, 6) is 0. The van der Waals surface area contributed by atoms with Crippen LogP contribution in [0.1, 0.15) is 11.1 Å². The van der Waals surface area contributed by atoms with E-state index in [1.54, 1.807) is 17.1 Å². The van der Waals surface area contributed by atoms with Crippen molar-refractivity contribution in [2.45, 2.75) is 13.2 Å². The van der Waals surface area contributed by atoms with Crippen LogP contribution in [0.5, 0.6) is 0 Å². The maximum absolute atomic E-state index is 8.93. The van der Waals surface area contributed by atoms with E-state index in [-0.39, 0.29) is 6.61 Å². The number of nitrogens with zero attached hydrogens (tertiary/aromatic N) is 2. The first-order chi connectivity index (χ1) is 8.31. The van der Waals surface area contributed by atoms with E-state index in [9.17, 15) is 0 Å². The summed E-state index contributed by atoms with van der Waals surface area (Å²) in [6.07, 6.45) is 5.37. The van der Waals surface area contributed by atoms with Crippen LogP contribution in [0.3, 0.4) is 0 Å². The van der Waals surface area contributed by atoms with Crippen molar-refractivity contribution in [1.29, 1.82) is 0 Å². The van der Waals surface area contributed by atoms with Crippen LogP contribution < -0.4 is 5.32 Å². The van der Waals surface area contributed by atoms with Gasteiger partial charge in [0.15, 0.2) is 0 Å². The van der Waals surface area contributed by atoms with E-state index in [0.29, 0.717) is 6.54 Å². The summed E-state index contributed by atoms with van der Waals surface area (Å²) < 4.78 is 1.67. The SMILES string of the molecule is C=Cn1cc(CNc2ccc(CO)cc2)cn1. The molecular formula is C13H15N3O. The van der Waals surface area contributed by atoms with E-state index in [1.165, 1.54) is 0 Å². The van der Waals surface area contributed by atoms with Crippen LogP contribution in [0.25, 0.3) is 6.20 Å². The van der Waals surface area contributed by atoms with Gasteiger partial charge in [0.1, 0.15) is 0 Å². The molecule has 4 heteroatoms. The van der Waals surface area contributed by atoms with E-state index in [4.69, 9.17) is 5.11 Å². The van der Waals surface area contributed by atoms with Crippen molar-refractivity contribution in [3.8, 4) is 0 Å². The predicted molar refractivity (Wildman–Crippen MR) is 68.3 cm³/mol. The molecule has 0 fully saturated rings. The molecule has 0 atom stereocenters. The molecule has 0 amide bonds. The Morgan fingerprint density at radius 3 is 2.65 bits per heavy atom. The Kier molecular flexibility index (Phi) is 3.57. The average Bonchev–Trinajstić information content (AvgIpc) is 2.85. The molecule has 17 heavy (non-hydrogen) atoms. The second kappa shape index (κ2) is 5.32. The number of benzene rings is 1. The van der Waals surface area contributed by atoms with Crippen LogP contribution in [0, 0.1) is 0 Å². The number of aliphatic hydroxyl groups is 1. The lowest BCUT2D eigenvalue weighted by atomic mass is 10.2. The Morgan fingerprint density at radius 2 is 2.06 bits per heavy atom. The van der Waals surface area contributed by atoms with Crippen molar-refractivity contribution in [3.05, 3.63) is 54.4 Å². The van der Waals surface area contributed by atoms with Gasteiger partial charge in [-0.1, -0.05) is 18.7 Å². The quantitative estimate of drug-likeness (QED) is 0.825. The van der Waals surface area contributed by atoms with Gasteiger partial charge in [0.05, 0.1) is 12.8 Å². The molecule has 0 aliphatic heterocycles. The first-order valence-corrected chi connectivity index (χ1v) is 5.41. The Labute approximate surface area is 100 Å². The van der Waals surface area contributed by atoms with Crippen LogP contribution in [0.15, 0.2) is 43.2 Å². The maximum Gasteiger partial charge on any atom is 0.0681 e. The topological polar surface area (TPSA) is 50.1 Å². The van der Waals surface area contributed by atoms with Crippen molar-refractivity contribution >= 4 is 11.9 Å². The largest absolute Gasteiger partial charge is 0.392 e. The smallest absolute Gasteiger partial charge is 0.0681 e.